The summed E-state index contributed by atoms with van der Waals surface area (Å²) >= 11 is 0. The number of para-hydroxylation sites is 1. The highest BCUT2D eigenvalue weighted by Crippen LogP contribution is 2.28. The van der Waals surface area contributed by atoms with Crippen LogP contribution in [-0.2, 0) is 16.0 Å². The van der Waals surface area contributed by atoms with Gasteiger partial charge in [0.2, 0.25) is 0 Å². The number of ether oxygens (including phenoxy) is 1. The molecule has 0 aliphatic rings. The Morgan fingerprint density at radius 3 is 2.50 bits per heavy atom. The third kappa shape index (κ3) is 8.05. The zero-order valence-electron chi connectivity index (χ0n) is 18.0. The SMILES string of the molecule is C[C@H](Cc1c[nH]c2c(OCC(=O)O)cccc12)NC[C@H](O)c1cccnc1.O=C(O)C(F)(F)F. The molecule has 0 saturated carbocycles. The van der Waals surface area contributed by atoms with E-state index in [1.807, 2.05) is 24.4 Å². The molecule has 12 heteroatoms. The monoisotopic (exact) mass is 483 g/mol. The van der Waals surface area contributed by atoms with Crippen molar-refractivity contribution >= 4 is 22.8 Å². The number of hydrogen-bond acceptors (Lipinski definition) is 6. The molecule has 0 unspecified atom stereocenters. The quantitative estimate of drug-likeness (QED) is 0.312. The van der Waals surface area contributed by atoms with E-state index in [1.165, 1.54) is 0 Å². The molecule has 0 saturated heterocycles. The molecular weight excluding hydrogens is 459 g/mol. The number of nitrogens with zero attached hydrogens (tertiary/aromatic N) is 1. The molecule has 0 fully saturated rings. The second kappa shape index (κ2) is 12.0. The second-order valence-corrected chi connectivity index (χ2v) is 7.29. The molecule has 1 aromatic carbocycles. The van der Waals surface area contributed by atoms with E-state index in [0.717, 1.165) is 28.5 Å². The van der Waals surface area contributed by atoms with Crippen molar-refractivity contribution in [3.63, 3.8) is 0 Å². The van der Waals surface area contributed by atoms with E-state index in [2.05, 4.69) is 22.2 Å². The van der Waals surface area contributed by atoms with Gasteiger partial charge in [-0.2, -0.15) is 13.2 Å². The maximum absolute atomic E-state index is 10.7. The van der Waals surface area contributed by atoms with Crippen LogP contribution in [0.25, 0.3) is 10.9 Å². The number of carbonyl (C=O) groups is 2. The normalized spacial score (nSPS) is 13.0. The predicted molar refractivity (Wildman–Crippen MR) is 115 cm³/mol. The fourth-order valence-electron chi connectivity index (χ4n) is 3.02. The minimum atomic E-state index is -5.08. The van der Waals surface area contributed by atoms with E-state index in [1.54, 1.807) is 24.5 Å². The Morgan fingerprint density at radius 2 is 1.91 bits per heavy atom. The number of aromatic amines is 1. The molecule has 2 heterocycles. The summed E-state index contributed by atoms with van der Waals surface area (Å²) < 4.78 is 37.1. The van der Waals surface area contributed by atoms with Crippen LogP contribution in [0.3, 0.4) is 0 Å². The first-order chi connectivity index (χ1) is 16.0. The molecule has 0 aliphatic heterocycles. The van der Waals surface area contributed by atoms with Crippen LogP contribution in [0.1, 0.15) is 24.2 Å². The lowest BCUT2D eigenvalue weighted by atomic mass is 10.1. The number of H-pyrrole nitrogens is 1. The topological polar surface area (TPSA) is 145 Å². The Hall–Kier alpha value is -3.64. The molecular formula is C22H24F3N3O6. The summed E-state index contributed by atoms with van der Waals surface area (Å²) in [6.07, 6.45) is 0.309. The number of fused-ring (bicyclic) bond motifs is 1. The van der Waals surface area contributed by atoms with Crippen LogP contribution in [0, 0.1) is 0 Å². The number of aliphatic hydroxyl groups is 1. The standard InChI is InChI=1S/C20H23N3O4.C2HF3O2/c1-13(22-11-17(24)14-4-3-7-21-9-14)8-15-10-23-20-16(15)5-2-6-18(20)27-12-19(25)26;3-2(4,5)1(6)7/h2-7,9-10,13,17,22-24H,8,11-12H2,1H3,(H,25,26);(H,6,7)/t13-,17+;/m1./s1. The van der Waals surface area contributed by atoms with Crippen molar-refractivity contribution in [1.82, 2.24) is 15.3 Å². The van der Waals surface area contributed by atoms with Gasteiger partial charge in [-0.3, -0.25) is 4.98 Å². The van der Waals surface area contributed by atoms with Crippen LogP contribution in [0.2, 0.25) is 0 Å². The molecule has 5 N–H and O–H groups in total. The Morgan fingerprint density at radius 1 is 1.21 bits per heavy atom. The maximum Gasteiger partial charge on any atom is 0.490 e. The van der Waals surface area contributed by atoms with E-state index in [-0.39, 0.29) is 12.6 Å². The highest BCUT2D eigenvalue weighted by atomic mass is 19.4. The first-order valence-electron chi connectivity index (χ1n) is 10.0. The lowest BCUT2D eigenvalue weighted by Gasteiger charge is -2.17. The van der Waals surface area contributed by atoms with Gasteiger partial charge in [0.05, 0.1) is 11.6 Å². The van der Waals surface area contributed by atoms with Crippen LogP contribution >= 0.6 is 0 Å². The van der Waals surface area contributed by atoms with Gasteiger partial charge in [-0.25, -0.2) is 9.59 Å². The van der Waals surface area contributed by atoms with Gasteiger partial charge in [-0.1, -0.05) is 18.2 Å². The van der Waals surface area contributed by atoms with Gasteiger partial charge in [-0.05, 0) is 31.0 Å². The van der Waals surface area contributed by atoms with Gasteiger partial charge >= 0.3 is 18.1 Å². The van der Waals surface area contributed by atoms with Gasteiger partial charge in [0, 0.05) is 42.1 Å². The second-order valence-electron chi connectivity index (χ2n) is 7.29. The minimum Gasteiger partial charge on any atom is -0.480 e. The number of carboxylic acid groups (broad SMARTS) is 2. The number of aliphatic hydroxyl groups excluding tert-OH is 1. The number of rotatable bonds is 9. The Bertz CT molecular complexity index is 1090. The number of nitrogens with one attached hydrogen (secondary N) is 2. The summed E-state index contributed by atoms with van der Waals surface area (Å²) in [5.74, 6) is -3.25. The van der Waals surface area contributed by atoms with Gasteiger partial charge in [0.25, 0.3) is 0 Å². The Labute approximate surface area is 192 Å². The number of hydrogen-bond donors (Lipinski definition) is 5. The van der Waals surface area contributed by atoms with Crippen molar-refractivity contribution in [2.45, 2.75) is 31.7 Å². The van der Waals surface area contributed by atoms with Crippen LogP contribution in [0.5, 0.6) is 5.75 Å². The number of pyridine rings is 1. The molecule has 2 aromatic heterocycles. The summed E-state index contributed by atoms with van der Waals surface area (Å²) in [5, 5.41) is 30.5. The van der Waals surface area contributed by atoms with Gasteiger partial charge < -0.3 is 30.4 Å². The van der Waals surface area contributed by atoms with E-state index in [9.17, 15) is 23.1 Å². The van der Waals surface area contributed by atoms with Crippen LogP contribution in [-0.4, -0.2) is 62.6 Å². The molecule has 0 radical (unpaired) electrons. The zero-order valence-corrected chi connectivity index (χ0v) is 18.0. The van der Waals surface area contributed by atoms with Crippen molar-refractivity contribution in [3.8, 4) is 5.75 Å². The van der Waals surface area contributed by atoms with Crippen molar-refractivity contribution in [2.75, 3.05) is 13.2 Å². The number of halogens is 3. The van der Waals surface area contributed by atoms with E-state index in [0.29, 0.717) is 12.3 Å². The maximum atomic E-state index is 10.7. The third-order valence-corrected chi connectivity index (χ3v) is 4.61. The lowest BCUT2D eigenvalue weighted by molar-refractivity contribution is -0.192. The zero-order chi connectivity index (χ0) is 25.3. The van der Waals surface area contributed by atoms with E-state index in [4.69, 9.17) is 19.7 Å². The summed E-state index contributed by atoms with van der Waals surface area (Å²) in [5.41, 5.74) is 2.67. The first-order valence-corrected chi connectivity index (χ1v) is 10.0. The predicted octanol–water partition coefficient (Wildman–Crippen LogP) is 2.91. The fourth-order valence-corrected chi connectivity index (χ4v) is 3.02. The number of alkyl halides is 3. The average Bonchev–Trinajstić information content (AvgIpc) is 3.19. The van der Waals surface area contributed by atoms with Crippen LogP contribution in [0.15, 0.2) is 48.9 Å². The Kier molecular flexibility index (Phi) is 9.39. The molecule has 184 valence electrons. The summed E-state index contributed by atoms with van der Waals surface area (Å²) in [7, 11) is 0. The Balaban J connectivity index is 0.000000509. The lowest BCUT2D eigenvalue weighted by Crippen LogP contribution is -2.32. The van der Waals surface area contributed by atoms with Gasteiger partial charge in [0.15, 0.2) is 6.61 Å². The van der Waals surface area contributed by atoms with Crippen molar-refractivity contribution in [2.24, 2.45) is 0 Å². The number of carboxylic acids is 2. The molecule has 0 bridgehead atoms. The van der Waals surface area contributed by atoms with Crippen LogP contribution in [0.4, 0.5) is 13.2 Å². The third-order valence-electron chi connectivity index (χ3n) is 4.61. The summed E-state index contributed by atoms with van der Waals surface area (Å²) in [6, 6.07) is 9.36. The number of aromatic nitrogens is 2. The molecule has 0 amide bonds. The first kappa shape index (κ1) is 26.6. The average molecular weight is 483 g/mol. The summed E-state index contributed by atoms with van der Waals surface area (Å²) in [6.45, 7) is 2.11. The highest BCUT2D eigenvalue weighted by Gasteiger charge is 2.38. The molecule has 0 aliphatic carbocycles. The number of benzene rings is 1. The molecule has 3 aromatic rings. The van der Waals surface area contributed by atoms with E-state index < -0.39 is 24.2 Å². The molecule has 34 heavy (non-hydrogen) atoms. The van der Waals surface area contributed by atoms with E-state index >= 15 is 0 Å². The molecule has 0 spiro atoms. The highest BCUT2D eigenvalue weighted by molar-refractivity contribution is 5.88. The van der Waals surface area contributed by atoms with Crippen molar-refractivity contribution in [3.05, 3.63) is 60.0 Å². The van der Waals surface area contributed by atoms with Crippen molar-refractivity contribution in [1.29, 1.82) is 0 Å². The fraction of sp³-hybridized carbons (Fsp3) is 0.318. The molecule has 3 rings (SSSR count). The molecule has 2 atom stereocenters. The van der Waals surface area contributed by atoms with Gasteiger partial charge in [0.1, 0.15) is 5.75 Å². The largest absolute Gasteiger partial charge is 0.490 e. The number of aliphatic carboxylic acids is 2. The summed E-state index contributed by atoms with van der Waals surface area (Å²) in [4.78, 5) is 26.8. The van der Waals surface area contributed by atoms with Gasteiger partial charge in [-0.15, -0.1) is 0 Å². The van der Waals surface area contributed by atoms with Crippen molar-refractivity contribution < 1.29 is 42.8 Å². The molecule has 9 nitrogen and oxygen atoms in total. The van der Waals surface area contributed by atoms with Crippen LogP contribution < -0.4 is 10.1 Å². The minimum absolute atomic E-state index is 0.138. The smallest absolute Gasteiger partial charge is 0.480 e.